The fourth-order valence-electron chi connectivity index (χ4n) is 3.88. The molecule has 2 atom stereocenters. The van der Waals surface area contributed by atoms with Crippen molar-refractivity contribution in [3.63, 3.8) is 0 Å². The molecule has 3 heterocycles. The number of aliphatic hydroxyl groups is 1. The van der Waals surface area contributed by atoms with Crippen LogP contribution in [0, 0.1) is 5.82 Å². The first-order valence-electron chi connectivity index (χ1n) is 12.3. The number of rotatable bonds is 9. The van der Waals surface area contributed by atoms with Crippen molar-refractivity contribution in [1.82, 2.24) is 15.2 Å². The molecule has 0 saturated carbocycles. The van der Waals surface area contributed by atoms with Crippen LogP contribution in [0.25, 0.3) is 0 Å². The number of aliphatic hydroxyl groups excluding tert-OH is 1. The number of carbonyl (C=O) groups is 2. The van der Waals surface area contributed by atoms with Gasteiger partial charge in [-0.2, -0.15) is 0 Å². The van der Waals surface area contributed by atoms with E-state index in [4.69, 9.17) is 19.7 Å². The average molecular weight is 569 g/mol. The van der Waals surface area contributed by atoms with Gasteiger partial charge in [-0.05, 0) is 31.9 Å². The largest absolute Gasteiger partial charge is 0.508 e. The first kappa shape index (κ1) is 32.0. The Morgan fingerprint density at radius 3 is 2.74 bits per heavy atom. The predicted molar refractivity (Wildman–Crippen MR) is 143 cm³/mol. The summed E-state index contributed by atoms with van der Waals surface area (Å²) in [7, 11) is 1.00. The number of hydrogen-bond donors (Lipinski definition) is 3. The summed E-state index contributed by atoms with van der Waals surface area (Å²) in [5, 5.41) is 21.4. The molecule has 1 aromatic heterocycles. The molecule has 2 aromatic rings. The van der Waals surface area contributed by atoms with Crippen LogP contribution in [0.1, 0.15) is 24.8 Å². The Kier molecular flexibility index (Phi) is 14.2. The van der Waals surface area contributed by atoms with Crippen molar-refractivity contribution in [2.75, 3.05) is 46.6 Å². The molecule has 10 nitrogen and oxygen atoms in total. The van der Waals surface area contributed by atoms with Crippen molar-refractivity contribution in [3.8, 4) is 5.75 Å². The summed E-state index contributed by atoms with van der Waals surface area (Å²) in [4.78, 5) is 33.6. The van der Waals surface area contributed by atoms with Gasteiger partial charge >= 0.3 is 5.97 Å². The number of amidine groups is 1. The Hall–Kier alpha value is -3.26. The molecule has 2 aliphatic rings. The second-order valence-corrected chi connectivity index (χ2v) is 9.14. The second-order valence-electron chi connectivity index (χ2n) is 8.25. The van der Waals surface area contributed by atoms with E-state index in [1.54, 1.807) is 13.1 Å². The topological polar surface area (TPSA) is 134 Å². The Balaban J connectivity index is 0.000000451. The minimum atomic E-state index is -0.945. The minimum absolute atomic E-state index is 0.0132. The van der Waals surface area contributed by atoms with Gasteiger partial charge in [0.1, 0.15) is 30.6 Å². The van der Waals surface area contributed by atoms with Crippen LogP contribution in [0.4, 0.5) is 8.78 Å². The van der Waals surface area contributed by atoms with Crippen LogP contribution in [-0.4, -0.2) is 97.0 Å². The van der Waals surface area contributed by atoms with Crippen molar-refractivity contribution < 1.29 is 38.1 Å². The normalized spacial score (nSPS) is 18.9. The van der Waals surface area contributed by atoms with E-state index in [-0.39, 0.29) is 38.1 Å². The maximum absolute atomic E-state index is 14.1. The van der Waals surface area contributed by atoms with Crippen LogP contribution in [0.15, 0.2) is 52.1 Å². The molecule has 0 aliphatic carbocycles. The van der Waals surface area contributed by atoms with E-state index < -0.39 is 18.0 Å². The van der Waals surface area contributed by atoms with Crippen LogP contribution < -0.4 is 5.32 Å². The number of halogens is 2. The number of nitrogens with one attached hydrogen (secondary N) is 1. The number of alkyl halides is 1. The molecule has 1 aromatic carbocycles. The predicted octanol–water partition coefficient (Wildman–Crippen LogP) is 2.47. The lowest BCUT2D eigenvalue weighted by molar-refractivity contribution is -0.138. The number of aromatic nitrogens is 1. The first-order valence-corrected chi connectivity index (χ1v) is 13.2. The van der Waals surface area contributed by atoms with Crippen LogP contribution >= 0.6 is 11.3 Å². The van der Waals surface area contributed by atoms with E-state index in [0.717, 1.165) is 18.2 Å². The van der Waals surface area contributed by atoms with Crippen molar-refractivity contribution >= 4 is 29.4 Å². The summed E-state index contributed by atoms with van der Waals surface area (Å²) in [6.07, 6.45) is 2.52. The van der Waals surface area contributed by atoms with Gasteiger partial charge in [0.25, 0.3) is 0 Å². The number of aliphatic imine (C=N–C) groups is 1. The molecule has 0 spiro atoms. The number of nitrogens with zero attached hydrogens (tertiary/aromatic N) is 3. The zero-order valence-electron chi connectivity index (χ0n) is 21.9. The van der Waals surface area contributed by atoms with Gasteiger partial charge in [-0.25, -0.2) is 18.6 Å². The lowest BCUT2D eigenvalue weighted by Crippen LogP contribution is -2.49. The van der Waals surface area contributed by atoms with E-state index in [2.05, 4.69) is 15.3 Å². The number of phenolic OH excluding ortho intramolecular Hbond substituents is 1. The molecular weight excluding hydrogens is 534 g/mol. The summed E-state index contributed by atoms with van der Waals surface area (Å²) in [6.45, 7) is 3.10. The average Bonchev–Trinajstić information content (AvgIpc) is 3.47. The lowest BCUT2D eigenvalue weighted by Gasteiger charge is -2.38. The minimum Gasteiger partial charge on any atom is -0.508 e. The van der Waals surface area contributed by atoms with E-state index >= 15 is 0 Å². The van der Waals surface area contributed by atoms with E-state index in [0.29, 0.717) is 49.4 Å². The summed E-state index contributed by atoms with van der Waals surface area (Å²) in [6, 6.07) is 5.16. The maximum atomic E-state index is 14.1. The number of aromatic hydroxyl groups is 1. The smallest absolute Gasteiger partial charge is 0.337 e. The van der Waals surface area contributed by atoms with Gasteiger partial charge in [-0.1, -0.05) is 6.07 Å². The zero-order chi connectivity index (χ0) is 28.6. The number of likely N-dealkylation sites (tertiary alicyclic amines) is 1. The fourth-order valence-corrected chi connectivity index (χ4v) is 4.48. The van der Waals surface area contributed by atoms with Crippen LogP contribution in [-0.2, 0) is 19.1 Å². The molecule has 214 valence electrons. The SMILES string of the molecule is CCOC(=O)C1=C(CN2CC(F)CCC2COCC=O)NC(c2nccs2)=NC1.CO.Oc1cccc(F)c1. The lowest BCUT2D eigenvalue weighted by atomic mass is 10.0. The van der Waals surface area contributed by atoms with Gasteiger partial charge in [0.05, 0.1) is 25.3 Å². The highest BCUT2D eigenvalue weighted by Crippen LogP contribution is 2.23. The zero-order valence-corrected chi connectivity index (χ0v) is 22.7. The highest BCUT2D eigenvalue weighted by Gasteiger charge is 2.32. The molecular formula is C26H34F2N4O6S. The van der Waals surface area contributed by atoms with Gasteiger partial charge in [0, 0.05) is 49.6 Å². The molecule has 1 saturated heterocycles. The van der Waals surface area contributed by atoms with Crippen molar-refractivity contribution in [3.05, 3.63) is 57.9 Å². The van der Waals surface area contributed by atoms with Crippen LogP contribution in [0.5, 0.6) is 5.75 Å². The number of thiazole rings is 1. The van der Waals surface area contributed by atoms with E-state index in [1.165, 1.54) is 29.5 Å². The van der Waals surface area contributed by atoms with E-state index in [1.807, 2.05) is 10.3 Å². The number of phenols is 1. The van der Waals surface area contributed by atoms with Crippen molar-refractivity contribution in [2.45, 2.75) is 32.0 Å². The first-order chi connectivity index (χ1) is 18.9. The number of piperidine rings is 1. The number of benzene rings is 1. The molecule has 2 unspecified atom stereocenters. The Morgan fingerprint density at radius 2 is 2.13 bits per heavy atom. The number of aldehydes is 1. The summed E-state index contributed by atoms with van der Waals surface area (Å²) in [5.41, 5.74) is 1.07. The standard InChI is InChI=1S/C19H25FN4O4S.C6H5FO.CH4O/c1-2-28-19(26)15-9-22-17(18-21-5-8-29-18)23-16(15)11-24-10-13(20)3-4-14(24)12-27-7-6-25;7-5-2-1-3-6(8)4-5;1-2/h5-6,8,13-14H,2-4,7,9-12H2,1H3,(H,22,23);1-4,8H;2H,1H3. The third kappa shape index (κ3) is 10.4. The van der Waals surface area contributed by atoms with Crippen LogP contribution in [0.2, 0.25) is 0 Å². The molecule has 4 rings (SSSR count). The van der Waals surface area contributed by atoms with E-state index in [9.17, 15) is 18.4 Å². The van der Waals surface area contributed by atoms with Gasteiger partial charge in [0.2, 0.25) is 0 Å². The fraction of sp³-hybridized carbons (Fsp3) is 0.462. The Bertz CT molecular complexity index is 1080. The molecule has 2 aliphatic heterocycles. The molecule has 39 heavy (non-hydrogen) atoms. The second kappa shape index (κ2) is 17.4. The molecule has 0 radical (unpaired) electrons. The quantitative estimate of drug-likeness (QED) is 0.237. The summed E-state index contributed by atoms with van der Waals surface area (Å²) < 4.78 is 36.7. The highest BCUT2D eigenvalue weighted by molar-refractivity contribution is 7.11. The third-order valence-electron chi connectivity index (χ3n) is 5.61. The molecule has 1 fully saturated rings. The highest BCUT2D eigenvalue weighted by atomic mass is 32.1. The van der Waals surface area contributed by atoms with Gasteiger partial charge < -0.3 is 29.8 Å². The van der Waals surface area contributed by atoms with Crippen LogP contribution in [0.3, 0.4) is 0 Å². The third-order valence-corrected chi connectivity index (χ3v) is 6.39. The Morgan fingerprint density at radius 1 is 1.33 bits per heavy atom. The number of ether oxygens (including phenoxy) is 2. The number of hydrogen-bond acceptors (Lipinski definition) is 11. The van der Waals surface area contributed by atoms with Gasteiger partial charge in [-0.3, -0.25) is 9.89 Å². The number of carbonyl (C=O) groups excluding carboxylic acids is 2. The monoisotopic (exact) mass is 568 g/mol. The Labute approximate surface area is 230 Å². The summed E-state index contributed by atoms with van der Waals surface area (Å²) in [5.74, 6) is -0.292. The number of esters is 1. The molecule has 0 amide bonds. The van der Waals surface area contributed by atoms with Gasteiger partial charge in [-0.15, -0.1) is 11.3 Å². The molecule has 0 bridgehead atoms. The van der Waals surface area contributed by atoms with Crippen molar-refractivity contribution in [1.29, 1.82) is 0 Å². The van der Waals surface area contributed by atoms with Crippen molar-refractivity contribution in [2.24, 2.45) is 4.99 Å². The maximum Gasteiger partial charge on any atom is 0.337 e. The molecule has 13 heteroatoms. The van der Waals surface area contributed by atoms with Gasteiger partial charge in [0.15, 0.2) is 10.8 Å². The molecule has 3 N–H and O–H groups in total. The summed E-state index contributed by atoms with van der Waals surface area (Å²) >= 11 is 1.44.